The number of carbonyl (C=O) groups excluding carboxylic acids is 2. The highest BCUT2D eigenvalue weighted by molar-refractivity contribution is 7.47. The number of rotatable bonds is 61. The maximum atomic E-state index is 13.6. The van der Waals surface area contributed by atoms with E-state index >= 15 is 0 Å². The summed E-state index contributed by atoms with van der Waals surface area (Å²) in [5.74, 6) is -0.550. The normalized spacial score (nSPS) is 14.4. The highest BCUT2D eigenvalue weighted by Gasteiger charge is 2.30. The van der Waals surface area contributed by atoms with Crippen molar-refractivity contribution in [3.05, 3.63) is 134 Å². The van der Waals surface area contributed by atoms with Gasteiger partial charge in [0.1, 0.15) is 19.3 Å². The maximum absolute atomic E-state index is 13.6. The lowest BCUT2D eigenvalue weighted by molar-refractivity contribution is -0.870. The summed E-state index contributed by atoms with van der Waals surface area (Å²) in [7, 11) is 1.46. The summed E-state index contributed by atoms with van der Waals surface area (Å²) in [6.45, 7) is 6.76. The van der Waals surface area contributed by atoms with Gasteiger partial charge >= 0.3 is 13.8 Å². The number of carbonyl (C=O) groups is 2. The number of quaternary nitrogens is 1. The van der Waals surface area contributed by atoms with E-state index < -0.39 is 20.0 Å². The van der Waals surface area contributed by atoms with Gasteiger partial charge in [0.15, 0.2) is 0 Å². The predicted molar refractivity (Wildman–Crippen MR) is 369 cm³/mol. The Bertz CT molecular complexity index is 1920. The molecule has 486 valence electrons. The summed E-state index contributed by atoms with van der Waals surface area (Å²) in [4.78, 5) is 37.9. The Morgan fingerprint density at radius 2 is 0.753 bits per heavy atom. The smallest absolute Gasteiger partial charge is 0.456 e. The molecule has 9 nitrogen and oxygen atoms in total. The van der Waals surface area contributed by atoms with Gasteiger partial charge in [-0.15, -0.1) is 0 Å². The molecule has 0 aromatic carbocycles. The largest absolute Gasteiger partial charge is 0.472 e. The molecule has 2 N–H and O–H groups in total. The topological polar surface area (TPSA) is 111 Å². The molecule has 3 atom stereocenters. The standard InChI is InChI=1S/C75H129N2O7P/c1-7-10-13-16-19-22-25-28-30-32-34-35-36-37-38-39-40-41-43-44-46-49-52-55-58-61-64-67-74(78)76-72(71-83-85(80,81)82-70-69-77(4,5)6)73(66-63-60-57-54-51-48-27-24-21-18-15-12-9-3)84-75(79)68-65-62-59-56-53-50-47-45-42-33-31-29-26-23-20-17-14-11-8-2/h10-11,13-14,19-20,22-23,28-31,34-35,37-38,42,45,50,53,63,66,72-73H,7-9,12,15-18,21,24-27,32-33,36,39-41,43-44,46-49,51-52,54-62,64-65,67-71H2,1-6H3,(H-,76,78,80,81)/p+1/b13-10-,14-11-,22-19-,23-20-,30-28-,31-29-,35-34-,38-37-,45-42-,53-50-,66-63-. The van der Waals surface area contributed by atoms with Gasteiger partial charge in [-0.25, -0.2) is 4.57 Å². The summed E-state index contributed by atoms with van der Waals surface area (Å²) in [5.41, 5.74) is 0. The second kappa shape index (κ2) is 63.2. The zero-order chi connectivity index (χ0) is 62.1. The number of ether oxygens (including phenoxy) is 1. The lowest BCUT2D eigenvalue weighted by Gasteiger charge is -2.27. The van der Waals surface area contributed by atoms with Crippen molar-refractivity contribution in [3.8, 4) is 0 Å². The Morgan fingerprint density at radius 1 is 0.424 bits per heavy atom. The Balaban J connectivity index is 5.18. The molecule has 0 aliphatic heterocycles. The Hall–Kier alpha value is -3.85. The molecule has 0 radical (unpaired) electrons. The third kappa shape index (κ3) is 64.5. The molecule has 0 aliphatic rings. The molecule has 3 unspecified atom stereocenters. The fourth-order valence-electron chi connectivity index (χ4n) is 9.35. The summed E-state index contributed by atoms with van der Waals surface area (Å²) >= 11 is 0. The van der Waals surface area contributed by atoms with Crippen molar-refractivity contribution < 1.29 is 37.3 Å². The van der Waals surface area contributed by atoms with Crippen molar-refractivity contribution in [2.24, 2.45) is 0 Å². The number of likely N-dealkylation sites (N-methyl/N-ethyl adjacent to an activating group) is 1. The van der Waals surface area contributed by atoms with Crippen molar-refractivity contribution in [1.29, 1.82) is 0 Å². The van der Waals surface area contributed by atoms with Gasteiger partial charge in [-0.05, 0) is 122 Å². The molecule has 0 aromatic heterocycles. The van der Waals surface area contributed by atoms with Gasteiger partial charge in [-0.1, -0.05) is 277 Å². The lowest BCUT2D eigenvalue weighted by atomic mass is 10.0. The van der Waals surface area contributed by atoms with Crippen LogP contribution in [0.15, 0.2) is 134 Å². The molecule has 0 rings (SSSR count). The van der Waals surface area contributed by atoms with Crippen LogP contribution in [0.25, 0.3) is 0 Å². The number of phosphoric ester groups is 1. The molecule has 85 heavy (non-hydrogen) atoms. The molecule has 0 heterocycles. The number of amides is 1. The minimum atomic E-state index is -4.47. The molecular formula is C75H130N2O7P+. The average Bonchev–Trinajstić information content (AvgIpc) is 3.53. The number of hydrogen-bond acceptors (Lipinski definition) is 6. The highest BCUT2D eigenvalue weighted by atomic mass is 31.2. The summed E-state index contributed by atoms with van der Waals surface area (Å²) in [6, 6.07) is -0.874. The first-order valence-corrected chi connectivity index (χ1v) is 36.0. The molecule has 10 heteroatoms. The zero-order valence-electron chi connectivity index (χ0n) is 55.6. The van der Waals surface area contributed by atoms with Gasteiger partial charge in [0.05, 0.1) is 33.8 Å². The summed E-state index contributed by atoms with van der Waals surface area (Å²) in [5, 5.41) is 3.06. The average molecular weight is 1200 g/mol. The van der Waals surface area contributed by atoms with E-state index in [1.165, 1.54) is 103 Å². The monoisotopic (exact) mass is 1200 g/mol. The molecule has 0 aromatic rings. The maximum Gasteiger partial charge on any atom is 0.472 e. The minimum absolute atomic E-state index is 0.0274. The molecule has 0 spiro atoms. The number of unbranched alkanes of at least 4 members (excludes halogenated alkanes) is 25. The van der Waals surface area contributed by atoms with E-state index in [1.807, 2.05) is 33.3 Å². The van der Waals surface area contributed by atoms with Crippen molar-refractivity contribution in [3.63, 3.8) is 0 Å². The van der Waals surface area contributed by atoms with Gasteiger partial charge in [-0.3, -0.25) is 18.6 Å². The lowest BCUT2D eigenvalue weighted by Crippen LogP contribution is -2.47. The molecular weight excluding hydrogens is 1070 g/mol. The van der Waals surface area contributed by atoms with E-state index in [0.29, 0.717) is 23.9 Å². The van der Waals surface area contributed by atoms with Crippen molar-refractivity contribution >= 4 is 19.7 Å². The molecule has 0 saturated heterocycles. The van der Waals surface area contributed by atoms with E-state index in [1.54, 1.807) is 0 Å². The van der Waals surface area contributed by atoms with Crippen LogP contribution < -0.4 is 5.32 Å². The van der Waals surface area contributed by atoms with Crippen LogP contribution in [0.2, 0.25) is 0 Å². The van der Waals surface area contributed by atoms with E-state index in [4.69, 9.17) is 13.8 Å². The van der Waals surface area contributed by atoms with Crippen LogP contribution in [0.4, 0.5) is 0 Å². The van der Waals surface area contributed by atoms with Crippen molar-refractivity contribution in [2.75, 3.05) is 40.9 Å². The van der Waals surface area contributed by atoms with Crippen LogP contribution in [0.1, 0.15) is 278 Å². The third-order valence-corrected chi connectivity index (χ3v) is 15.6. The van der Waals surface area contributed by atoms with Crippen LogP contribution in [0, 0.1) is 0 Å². The molecule has 0 fully saturated rings. The van der Waals surface area contributed by atoms with E-state index in [2.05, 4.69) is 148 Å². The first-order valence-electron chi connectivity index (χ1n) is 34.5. The van der Waals surface area contributed by atoms with Gasteiger partial charge in [0.2, 0.25) is 5.91 Å². The second-order valence-electron chi connectivity index (χ2n) is 23.9. The fraction of sp³-hybridized carbons (Fsp3) is 0.680. The van der Waals surface area contributed by atoms with Gasteiger partial charge in [-0.2, -0.15) is 0 Å². The first kappa shape index (κ1) is 81.2. The molecule has 1 amide bonds. The van der Waals surface area contributed by atoms with Crippen LogP contribution in [-0.4, -0.2) is 74.3 Å². The molecule has 0 saturated carbocycles. The molecule has 0 aliphatic carbocycles. The van der Waals surface area contributed by atoms with Crippen LogP contribution in [0.5, 0.6) is 0 Å². The number of esters is 1. The molecule has 0 bridgehead atoms. The first-order chi connectivity index (χ1) is 41.4. The number of nitrogens with one attached hydrogen (secondary N) is 1. The number of nitrogens with zero attached hydrogens (tertiary/aromatic N) is 1. The number of hydrogen-bond donors (Lipinski definition) is 2. The van der Waals surface area contributed by atoms with Crippen molar-refractivity contribution in [1.82, 2.24) is 5.32 Å². The van der Waals surface area contributed by atoms with Crippen LogP contribution >= 0.6 is 7.82 Å². The summed E-state index contributed by atoms with van der Waals surface area (Å²) < 4.78 is 30.8. The minimum Gasteiger partial charge on any atom is -0.456 e. The fourth-order valence-corrected chi connectivity index (χ4v) is 10.1. The van der Waals surface area contributed by atoms with Crippen LogP contribution in [0.3, 0.4) is 0 Å². The Kier molecular flexibility index (Phi) is 60.3. The van der Waals surface area contributed by atoms with E-state index in [-0.39, 0.29) is 31.5 Å². The highest BCUT2D eigenvalue weighted by Crippen LogP contribution is 2.43. The second-order valence-corrected chi connectivity index (χ2v) is 25.4. The number of phosphoric acid groups is 1. The van der Waals surface area contributed by atoms with Gasteiger partial charge in [0, 0.05) is 12.8 Å². The quantitative estimate of drug-likeness (QED) is 0.0205. The van der Waals surface area contributed by atoms with Gasteiger partial charge < -0.3 is 19.4 Å². The van der Waals surface area contributed by atoms with E-state index in [9.17, 15) is 19.0 Å². The van der Waals surface area contributed by atoms with Crippen LogP contribution in [-0.2, 0) is 27.9 Å². The Morgan fingerprint density at radius 3 is 1.14 bits per heavy atom. The third-order valence-electron chi connectivity index (χ3n) is 14.6. The number of allylic oxidation sites excluding steroid dienone is 21. The zero-order valence-corrected chi connectivity index (χ0v) is 56.4. The predicted octanol–water partition coefficient (Wildman–Crippen LogP) is 22.0. The van der Waals surface area contributed by atoms with Gasteiger partial charge in [0.25, 0.3) is 0 Å². The van der Waals surface area contributed by atoms with Crippen molar-refractivity contribution in [2.45, 2.75) is 290 Å². The van der Waals surface area contributed by atoms with E-state index in [0.717, 1.165) is 135 Å². The SMILES string of the molecule is CC/C=C\C/C=C\C/C=C\C/C=C\C/C=C\CCCCCCCCCCCCCC(=O)NC(COP(=O)(O)OCC[N+](C)(C)C)C(/C=C\CCCCCCCCCCCCC)OC(=O)CCCCC/C=C\C/C=C\C/C=C\C/C=C\C/C=C\CC. The summed E-state index contributed by atoms with van der Waals surface area (Å²) in [6.07, 6.45) is 90.3. The Labute approximate surface area is 524 Å².